The van der Waals surface area contributed by atoms with Gasteiger partial charge < -0.3 is 0 Å². The summed E-state index contributed by atoms with van der Waals surface area (Å²) < 4.78 is 0. The number of hydrogen-bond acceptors (Lipinski definition) is 1. The zero-order valence-electron chi connectivity index (χ0n) is 13.7. The lowest BCUT2D eigenvalue weighted by atomic mass is 9.78. The number of nitrogens with one attached hydrogen (secondary N) is 1. The molecule has 0 bridgehead atoms. The zero-order chi connectivity index (χ0) is 17.1. The number of hydrogen-bond donors (Lipinski definition) is 0. The average Bonchev–Trinajstić information content (AvgIpc) is 2.71. The van der Waals surface area contributed by atoms with Gasteiger partial charge in [-0.15, -0.1) is 5.90 Å². The highest BCUT2D eigenvalue weighted by Crippen LogP contribution is 2.42. The summed E-state index contributed by atoms with van der Waals surface area (Å²) in [6.07, 6.45) is 0. The molecule has 1 N–H and O–H groups in total. The highest BCUT2D eigenvalue weighted by atomic mass is 16.6. The van der Waals surface area contributed by atoms with Crippen LogP contribution in [-0.4, -0.2) is 0 Å². The highest BCUT2D eigenvalue weighted by molar-refractivity contribution is 5.87. The standard InChI is InChI=1S/C23H18NO/c24-25-23(19-12-3-1-4-13-19,20-14-5-2-6-15-20)22-17-9-11-18-10-7-8-16-21(18)22/h1-17,24H. The molecule has 2 heteroatoms. The monoisotopic (exact) mass is 324 g/mol. The summed E-state index contributed by atoms with van der Waals surface area (Å²) in [4.78, 5) is 5.55. The van der Waals surface area contributed by atoms with E-state index in [9.17, 15) is 0 Å². The number of benzene rings is 4. The molecular formula is C23H18NO. The summed E-state index contributed by atoms with van der Waals surface area (Å²) in [5, 5.41) is 2.22. The fourth-order valence-corrected chi connectivity index (χ4v) is 3.53. The Morgan fingerprint density at radius 2 is 1.08 bits per heavy atom. The molecule has 2 nitrogen and oxygen atoms in total. The van der Waals surface area contributed by atoms with Gasteiger partial charge in [-0.25, -0.2) is 0 Å². The number of fused-ring (bicyclic) bond motifs is 1. The van der Waals surface area contributed by atoms with Crippen molar-refractivity contribution >= 4 is 10.8 Å². The second-order valence-electron chi connectivity index (χ2n) is 6.04. The molecule has 0 heterocycles. The van der Waals surface area contributed by atoms with E-state index in [4.69, 9.17) is 10.7 Å². The van der Waals surface area contributed by atoms with Gasteiger partial charge in [-0.05, 0) is 21.9 Å². The molecule has 0 amide bonds. The van der Waals surface area contributed by atoms with Crippen LogP contribution in [0.2, 0.25) is 0 Å². The molecule has 0 unspecified atom stereocenters. The van der Waals surface area contributed by atoms with E-state index in [0.717, 1.165) is 27.5 Å². The maximum atomic E-state index is 8.10. The van der Waals surface area contributed by atoms with E-state index < -0.39 is 5.60 Å². The summed E-state index contributed by atoms with van der Waals surface area (Å²) in [5.41, 5.74) is 1.86. The summed E-state index contributed by atoms with van der Waals surface area (Å²) >= 11 is 0. The molecular weight excluding hydrogens is 306 g/mol. The largest absolute Gasteiger partial charge is 0.264 e. The Hall–Kier alpha value is -2.94. The third-order valence-corrected chi connectivity index (χ3v) is 4.68. The molecule has 4 rings (SSSR count). The highest BCUT2D eigenvalue weighted by Gasteiger charge is 2.38. The first-order valence-electron chi connectivity index (χ1n) is 8.30. The van der Waals surface area contributed by atoms with E-state index in [1.165, 1.54) is 0 Å². The van der Waals surface area contributed by atoms with Crippen LogP contribution in [-0.2, 0) is 10.4 Å². The van der Waals surface area contributed by atoms with Crippen molar-refractivity contribution in [3.8, 4) is 0 Å². The molecule has 0 aliphatic rings. The van der Waals surface area contributed by atoms with Crippen LogP contribution in [0.4, 0.5) is 0 Å². The van der Waals surface area contributed by atoms with E-state index in [0.29, 0.717) is 0 Å². The van der Waals surface area contributed by atoms with E-state index in [1.807, 2.05) is 78.9 Å². The van der Waals surface area contributed by atoms with E-state index >= 15 is 0 Å². The van der Waals surface area contributed by atoms with Crippen molar-refractivity contribution in [1.82, 2.24) is 5.90 Å². The molecule has 0 saturated carbocycles. The van der Waals surface area contributed by atoms with Gasteiger partial charge in [0.1, 0.15) is 0 Å². The molecule has 0 aromatic heterocycles. The molecule has 121 valence electrons. The van der Waals surface area contributed by atoms with E-state index in [1.54, 1.807) is 0 Å². The van der Waals surface area contributed by atoms with Crippen LogP contribution in [0.15, 0.2) is 103 Å². The van der Waals surface area contributed by atoms with Crippen molar-refractivity contribution < 1.29 is 4.84 Å². The molecule has 0 atom stereocenters. The molecule has 1 radical (unpaired) electrons. The van der Waals surface area contributed by atoms with Crippen LogP contribution in [0, 0.1) is 0 Å². The lowest BCUT2D eigenvalue weighted by Gasteiger charge is -2.33. The maximum Gasteiger partial charge on any atom is 0.167 e. The van der Waals surface area contributed by atoms with Gasteiger partial charge in [0.05, 0.1) is 0 Å². The molecule has 25 heavy (non-hydrogen) atoms. The third-order valence-electron chi connectivity index (χ3n) is 4.68. The van der Waals surface area contributed by atoms with Crippen molar-refractivity contribution in [3.63, 3.8) is 0 Å². The van der Waals surface area contributed by atoms with Crippen molar-refractivity contribution in [2.24, 2.45) is 0 Å². The Morgan fingerprint density at radius 1 is 0.560 bits per heavy atom. The Bertz CT molecular complexity index is 936. The van der Waals surface area contributed by atoms with Crippen LogP contribution in [0.3, 0.4) is 0 Å². The summed E-state index contributed by atoms with van der Waals surface area (Å²) in [5.74, 6) is 8.10. The first kappa shape index (κ1) is 15.6. The SMILES string of the molecule is [NH]OC(c1ccccc1)(c1ccccc1)c1cccc2ccccc12. The van der Waals surface area contributed by atoms with Crippen LogP contribution in [0.1, 0.15) is 16.7 Å². The Kier molecular flexibility index (Phi) is 4.06. The first-order valence-corrected chi connectivity index (χ1v) is 8.30. The van der Waals surface area contributed by atoms with Gasteiger partial charge >= 0.3 is 0 Å². The van der Waals surface area contributed by atoms with Gasteiger partial charge in [-0.3, -0.25) is 4.84 Å². The minimum absolute atomic E-state index is 0.938. The fourth-order valence-electron chi connectivity index (χ4n) is 3.53. The van der Waals surface area contributed by atoms with Gasteiger partial charge in [0.15, 0.2) is 5.60 Å². The van der Waals surface area contributed by atoms with Crippen molar-refractivity contribution in [3.05, 3.63) is 120 Å². The van der Waals surface area contributed by atoms with Gasteiger partial charge in [-0.1, -0.05) is 103 Å². The van der Waals surface area contributed by atoms with E-state index in [2.05, 4.69) is 24.3 Å². The second-order valence-corrected chi connectivity index (χ2v) is 6.04. The molecule has 4 aromatic carbocycles. The predicted molar refractivity (Wildman–Crippen MR) is 101 cm³/mol. The Labute approximate surface area is 147 Å². The van der Waals surface area contributed by atoms with Crippen LogP contribution < -0.4 is 5.90 Å². The Balaban J connectivity index is 2.11. The van der Waals surface area contributed by atoms with Crippen LogP contribution >= 0.6 is 0 Å². The van der Waals surface area contributed by atoms with Crippen molar-refractivity contribution in [1.29, 1.82) is 0 Å². The number of rotatable bonds is 4. The molecule has 0 aliphatic carbocycles. The van der Waals surface area contributed by atoms with Gasteiger partial charge in [0.25, 0.3) is 0 Å². The van der Waals surface area contributed by atoms with Crippen LogP contribution in [0.25, 0.3) is 10.8 Å². The van der Waals surface area contributed by atoms with Crippen molar-refractivity contribution in [2.75, 3.05) is 0 Å². The maximum absolute atomic E-state index is 8.10. The molecule has 0 saturated heterocycles. The molecule has 0 fully saturated rings. The summed E-state index contributed by atoms with van der Waals surface area (Å²) in [6.45, 7) is 0. The predicted octanol–water partition coefficient (Wildman–Crippen LogP) is 5.35. The topological polar surface area (TPSA) is 33.0 Å². The van der Waals surface area contributed by atoms with Crippen molar-refractivity contribution in [2.45, 2.75) is 5.60 Å². The molecule has 0 aliphatic heterocycles. The Morgan fingerprint density at radius 3 is 1.68 bits per heavy atom. The van der Waals surface area contributed by atoms with Crippen LogP contribution in [0.5, 0.6) is 0 Å². The van der Waals surface area contributed by atoms with E-state index in [-0.39, 0.29) is 0 Å². The normalized spacial score (nSPS) is 11.6. The summed E-state index contributed by atoms with van der Waals surface area (Å²) in [7, 11) is 0. The van der Waals surface area contributed by atoms with Gasteiger partial charge in [-0.2, -0.15) is 0 Å². The minimum Gasteiger partial charge on any atom is -0.264 e. The van der Waals surface area contributed by atoms with Gasteiger partial charge in [0, 0.05) is 5.56 Å². The lowest BCUT2D eigenvalue weighted by Crippen LogP contribution is -2.32. The third kappa shape index (κ3) is 2.52. The average molecular weight is 324 g/mol. The second kappa shape index (κ2) is 6.52. The smallest absolute Gasteiger partial charge is 0.167 e. The minimum atomic E-state index is -0.983. The molecule has 4 aromatic rings. The van der Waals surface area contributed by atoms with Gasteiger partial charge in [0.2, 0.25) is 0 Å². The lowest BCUT2D eigenvalue weighted by molar-refractivity contribution is -0.00250. The zero-order valence-corrected chi connectivity index (χ0v) is 13.7. The summed E-state index contributed by atoms with van der Waals surface area (Å²) in [6, 6.07) is 34.4. The molecule has 0 spiro atoms. The fraction of sp³-hybridized carbons (Fsp3) is 0.0435. The quantitative estimate of drug-likeness (QED) is 0.368. The first-order chi connectivity index (χ1) is 12.4.